The molecule has 0 spiro atoms. The van der Waals surface area contributed by atoms with Crippen LogP contribution in [0.15, 0.2) is 54.6 Å². The van der Waals surface area contributed by atoms with E-state index in [2.05, 4.69) is 10.3 Å². The number of carbonyl (C=O) groups is 2. The zero-order valence-corrected chi connectivity index (χ0v) is 16.0. The average molecular weight is 398 g/mol. The first kappa shape index (κ1) is 19.7. The molecule has 0 saturated carbocycles. The Bertz CT molecular complexity index is 971. The fraction of sp³-hybridized carbons (Fsp3) is 0.190. The monoisotopic (exact) mass is 398 g/mol. The molecule has 0 saturated heterocycles. The molecular weight excluding hydrogens is 379 g/mol. The first-order valence-electron chi connectivity index (χ1n) is 8.72. The highest BCUT2D eigenvalue weighted by Crippen LogP contribution is 2.28. The van der Waals surface area contributed by atoms with Gasteiger partial charge in [0.2, 0.25) is 0 Å². The van der Waals surface area contributed by atoms with Gasteiger partial charge in [-0.15, -0.1) is 11.3 Å². The second-order valence-corrected chi connectivity index (χ2v) is 7.37. The van der Waals surface area contributed by atoms with Crippen molar-refractivity contribution in [2.75, 3.05) is 6.54 Å². The van der Waals surface area contributed by atoms with Crippen LogP contribution in [0, 0.1) is 18.7 Å². The van der Waals surface area contributed by atoms with Crippen LogP contribution < -0.4 is 5.32 Å². The van der Waals surface area contributed by atoms with Gasteiger partial charge in [-0.3, -0.25) is 9.59 Å². The highest BCUT2D eigenvalue weighted by molar-refractivity contribution is 7.17. The number of thiazole rings is 1. The second-order valence-electron chi connectivity index (χ2n) is 6.38. The lowest BCUT2D eigenvalue weighted by molar-refractivity contribution is -0.141. The lowest BCUT2D eigenvalue weighted by Gasteiger charge is -2.13. The molecule has 0 unspecified atom stereocenters. The molecule has 2 N–H and O–H groups in total. The first-order valence-corrected chi connectivity index (χ1v) is 9.54. The molecule has 1 heterocycles. The van der Waals surface area contributed by atoms with Crippen LogP contribution in [0.4, 0.5) is 4.39 Å². The Balaban J connectivity index is 1.68. The van der Waals surface area contributed by atoms with Crippen LogP contribution >= 0.6 is 11.3 Å². The third kappa shape index (κ3) is 4.80. The topological polar surface area (TPSA) is 79.3 Å². The van der Waals surface area contributed by atoms with E-state index >= 15 is 0 Å². The highest BCUT2D eigenvalue weighted by atomic mass is 32.1. The van der Waals surface area contributed by atoms with E-state index in [0.29, 0.717) is 22.0 Å². The van der Waals surface area contributed by atoms with E-state index < -0.39 is 11.9 Å². The van der Waals surface area contributed by atoms with Gasteiger partial charge in [-0.1, -0.05) is 30.3 Å². The van der Waals surface area contributed by atoms with E-state index in [-0.39, 0.29) is 18.3 Å². The van der Waals surface area contributed by atoms with Crippen molar-refractivity contribution in [1.82, 2.24) is 10.3 Å². The van der Waals surface area contributed by atoms with Gasteiger partial charge in [0.1, 0.15) is 15.7 Å². The fourth-order valence-corrected chi connectivity index (χ4v) is 3.75. The molecule has 7 heteroatoms. The van der Waals surface area contributed by atoms with Crippen molar-refractivity contribution in [3.63, 3.8) is 0 Å². The van der Waals surface area contributed by atoms with Gasteiger partial charge in [0.05, 0.1) is 11.6 Å². The quantitative estimate of drug-likeness (QED) is 0.632. The molecule has 0 aliphatic heterocycles. The van der Waals surface area contributed by atoms with Crippen molar-refractivity contribution in [3.8, 4) is 10.6 Å². The maximum Gasteiger partial charge on any atom is 0.308 e. The summed E-state index contributed by atoms with van der Waals surface area (Å²) < 4.78 is 13.1. The van der Waals surface area contributed by atoms with Crippen LogP contribution in [0.3, 0.4) is 0 Å². The van der Waals surface area contributed by atoms with E-state index in [1.54, 1.807) is 19.1 Å². The normalized spacial score (nSPS) is 11.8. The number of nitrogens with zero attached hydrogens (tertiary/aromatic N) is 1. The number of hydrogen-bond acceptors (Lipinski definition) is 4. The fourth-order valence-electron chi connectivity index (χ4n) is 2.76. The highest BCUT2D eigenvalue weighted by Gasteiger charge is 2.21. The van der Waals surface area contributed by atoms with E-state index in [4.69, 9.17) is 0 Å². The number of nitrogens with one attached hydrogen (secondary N) is 1. The van der Waals surface area contributed by atoms with Crippen molar-refractivity contribution in [2.45, 2.75) is 13.3 Å². The Morgan fingerprint density at radius 1 is 1.14 bits per heavy atom. The molecule has 28 heavy (non-hydrogen) atoms. The Kier molecular flexibility index (Phi) is 6.16. The lowest BCUT2D eigenvalue weighted by Crippen LogP contribution is -2.34. The van der Waals surface area contributed by atoms with Gasteiger partial charge in [-0.25, -0.2) is 9.37 Å². The molecular formula is C21H19FN2O3S. The zero-order chi connectivity index (χ0) is 20.1. The summed E-state index contributed by atoms with van der Waals surface area (Å²) in [5, 5.41) is 12.8. The van der Waals surface area contributed by atoms with E-state index in [9.17, 15) is 19.1 Å². The third-order valence-electron chi connectivity index (χ3n) is 4.28. The average Bonchev–Trinajstić information content (AvgIpc) is 3.07. The molecule has 1 aromatic heterocycles. The number of aliphatic carboxylic acids is 1. The van der Waals surface area contributed by atoms with Crippen molar-refractivity contribution in [1.29, 1.82) is 0 Å². The summed E-state index contributed by atoms with van der Waals surface area (Å²) in [6.07, 6.45) is 0.332. The van der Waals surface area contributed by atoms with Gasteiger partial charge >= 0.3 is 5.97 Å². The maximum absolute atomic E-state index is 13.1. The standard InChI is InChI=1S/C21H19FN2O3S/c1-13-18(28-20(24-13)15-7-9-17(22)10-8-15)19(25)23-12-16(21(26)27)11-14-5-3-2-4-6-14/h2-10,16H,11-12H2,1H3,(H,23,25)(H,26,27)/t16-/m1/s1. The molecule has 1 amide bonds. The van der Waals surface area contributed by atoms with E-state index in [1.165, 1.54) is 23.5 Å². The minimum atomic E-state index is -0.961. The van der Waals surface area contributed by atoms with Crippen LogP contribution in [0.2, 0.25) is 0 Å². The number of aryl methyl sites for hydroxylation is 1. The van der Waals surface area contributed by atoms with E-state index in [1.807, 2.05) is 30.3 Å². The van der Waals surface area contributed by atoms with Crippen LogP contribution in [-0.4, -0.2) is 28.5 Å². The van der Waals surface area contributed by atoms with Gasteiger partial charge in [0.15, 0.2) is 0 Å². The van der Waals surface area contributed by atoms with Crippen molar-refractivity contribution < 1.29 is 19.1 Å². The van der Waals surface area contributed by atoms with E-state index in [0.717, 1.165) is 11.1 Å². The number of benzene rings is 2. The SMILES string of the molecule is Cc1nc(-c2ccc(F)cc2)sc1C(=O)NC[C@@H](Cc1ccccc1)C(=O)O. The maximum atomic E-state index is 13.1. The van der Waals surface area contributed by atoms with Crippen LogP contribution in [-0.2, 0) is 11.2 Å². The molecule has 0 radical (unpaired) electrons. The number of carbonyl (C=O) groups excluding carboxylic acids is 1. The number of carboxylic acid groups (broad SMARTS) is 1. The number of halogens is 1. The Hall–Kier alpha value is -3.06. The summed E-state index contributed by atoms with van der Waals surface area (Å²) in [5.41, 5.74) is 2.18. The summed E-state index contributed by atoms with van der Waals surface area (Å²) in [6, 6.07) is 15.2. The molecule has 144 valence electrons. The van der Waals surface area contributed by atoms with Crippen LogP contribution in [0.5, 0.6) is 0 Å². The molecule has 0 bridgehead atoms. The minimum Gasteiger partial charge on any atom is -0.481 e. The molecule has 5 nitrogen and oxygen atoms in total. The zero-order valence-electron chi connectivity index (χ0n) is 15.2. The largest absolute Gasteiger partial charge is 0.481 e. The summed E-state index contributed by atoms with van der Waals surface area (Å²) in [7, 11) is 0. The number of amides is 1. The second kappa shape index (κ2) is 8.75. The lowest BCUT2D eigenvalue weighted by atomic mass is 9.99. The molecule has 1 atom stereocenters. The summed E-state index contributed by atoms with van der Waals surface area (Å²) >= 11 is 1.20. The Morgan fingerprint density at radius 2 is 1.82 bits per heavy atom. The van der Waals surface area contributed by atoms with Crippen LogP contribution in [0.1, 0.15) is 20.9 Å². The molecule has 0 aliphatic carbocycles. The molecule has 3 rings (SSSR count). The van der Waals surface area contributed by atoms with Crippen LogP contribution in [0.25, 0.3) is 10.6 Å². The Labute approximate surface area is 165 Å². The summed E-state index contributed by atoms with van der Waals surface area (Å²) in [4.78, 5) is 28.9. The number of rotatable bonds is 7. The van der Waals surface area contributed by atoms with Crippen molar-refractivity contribution in [2.24, 2.45) is 5.92 Å². The first-order chi connectivity index (χ1) is 13.4. The predicted octanol–water partition coefficient (Wildman–Crippen LogP) is 3.93. The molecule has 3 aromatic rings. The van der Waals surface area contributed by atoms with Gasteiger partial charge < -0.3 is 10.4 Å². The minimum absolute atomic E-state index is 0.0201. The Morgan fingerprint density at radius 3 is 2.46 bits per heavy atom. The molecule has 0 fully saturated rings. The smallest absolute Gasteiger partial charge is 0.308 e. The number of hydrogen-bond donors (Lipinski definition) is 2. The number of aromatic nitrogens is 1. The van der Waals surface area contributed by atoms with Gasteiger partial charge in [0, 0.05) is 12.1 Å². The van der Waals surface area contributed by atoms with Gasteiger partial charge in [0.25, 0.3) is 5.91 Å². The summed E-state index contributed by atoms with van der Waals surface area (Å²) in [6.45, 7) is 1.74. The van der Waals surface area contributed by atoms with Gasteiger partial charge in [-0.2, -0.15) is 0 Å². The molecule has 0 aliphatic rings. The van der Waals surface area contributed by atoms with Crippen molar-refractivity contribution in [3.05, 3.63) is 76.5 Å². The molecule has 2 aromatic carbocycles. The third-order valence-corrected chi connectivity index (χ3v) is 5.48. The summed E-state index contributed by atoms with van der Waals surface area (Å²) in [5.74, 6) is -2.39. The van der Waals surface area contributed by atoms with Crippen molar-refractivity contribution >= 4 is 23.2 Å². The van der Waals surface area contributed by atoms with Gasteiger partial charge in [-0.05, 0) is 43.2 Å². The number of carboxylic acids is 1. The predicted molar refractivity (Wildman–Crippen MR) is 106 cm³/mol.